The Morgan fingerprint density at radius 2 is 1.67 bits per heavy atom. The zero-order chi connectivity index (χ0) is 12.1. The van der Waals surface area contributed by atoms with Crippen LogP contribution in [-0.2, 0) is 6.42 Å². The van der Waals surface area contributed by atoms with E-state index in [1.807, 2.05) is 32.0 Å². The highest BCUT2D eigenvalue weighted by Gasteiger charge is 1.96. The smallest absolute Gasteiger partial charge is 0.0262 e. The van der Waals surface area contributed by atoms with Crippen molar-refractivity contribution in [1.29, 1.82) is 0 Å². The SMILES string of the molecule is C=CC(N)Cc1ccccc1.CC.CN. The van der Waals surface area contributed by atoms with Crippen LogP contribution in [0.5, 0.6) is 0 Å². The van der Waals surface area contributed by atoms with Crippen LogP contribution in [0.2, 0.25) is 0 Å². The van der Waals surface area contributed by atoms with E-state index in [0.29, 0.717) is 0 Å². The average Bonchev–Trinajstić information content (AvgIpc) is 2.35. The van der Waals surface area contributed by atoms with E-state index in [9.17, 15) is 0 Å². The molecule has 0 aliphatic heterocycles. The van der Waals surface area contributed by atoms with Gasteiger partial charge in [-0.15, -0.1) is 6.58 Å². The first-order valence-corrected chi connectivity index (χ1v) is 5.32. The maximum absolute atomic E-state index is 5.69. The molecule has 2 nitrogen and oxygen atoms in total. The van der Waals surface area contributed by atoms with E-state index >= 15 is 0 Å². The monoisotopic (exact) mass is 208 g/mol. The lowest BCUT2D eigenvalue weighted by Gasteiger charge is -2.04. The van der Waals surface area contributed by atoms with Gasteiger partial charge in [-0.3, -0.25) is 0 Å². The van der Waals surface area contributed by atoms with Crippen molar-refractivity contribution in [3.63, 3.8) is 0 Å². The molecule has 0 saturated carbocycles. The summed E-state index contributed by atoms with van der Waals surface area (Å²) >= 11 is 0. The first kappa shape index (κ1) is 16.3. The summed E-state index contributed by atoms with van der Waals surface area (Å²) in [5.41, 5.74) is 11.5. The summed E-state index contributed by atoms with van der Waals surface area (Å²) in [7, 11) is 1.50. The Kier molecular flexibility index (Phi) is 14.0. The molecule has 86 valence electrons. The Bertz CT molecular complexity index is 219. The Balaban J connectivity index is 0. The van der Waals surface area contributed by atoms with Gasteiger partial charge in [0.1, 0.15) is 0 Å². The number of benzene rings is 1. The molecule has 0 heterocycles. The van der Waals surface area contributed by atoms with Gasteiger partial charge in [0.05, 0.1) is 0 Å². The van der Waals surface area contributed by atoms with Crippen LogP contribution in [0.3, 0.4) is 0 Å². The quantitative estimate of drug-likeness (QED) is 0.749. The molecule has 1 atom stereocenters. The third-order valence-corrected chi connectivity index (χ3v) is 1.62. The van der Waals surface area contributed by atoms with Crippen LogP contribution < -0.4 is 11.5 Å². The van der Waals surface area contributed by atoms with Crippen molar-refractivity contribution < 1.29 is 0 Å². The maximum atomic E-state index is 5.69. The van der Waals surface area contributed by atoms with Crippen LogP contribution in [0.25, 0.3) is 0 Å². The molecule has 1 rings (SSSR count). The molecule has 2 heteroatoms. The van der Waals surface area contributed by atoms with Crippen LogP contribution in [0.4, 0.5) is 0 Å². The van der Waals surface area contributed by atoms with Gasteiger partial charge in [0.2, 0.25) is 0 Å². The van der Waals surface area contributed by atoms with Gasteiger partial charge in [0, 0.05) is 6.04 Å². The van der Waals surface area contributed by atoms with Crippen molar-refractivity contribution in [3.05, 3.63) is 48.6 Å². The van der Waals surface area contributed by atoms with Gasteiger partial charge in [0.25, 0.3) is 0 Å². The van der Waals surface area contributed by atoms with Crippen molar-refractivity contribution in [1.82, 2.24) is 0 Å². The van der Waals surface area contributed by atoms with Gasteiger partial charge in [-0.1, -0.05) is 50.3 Å². The second-order valence-corrected chi connectivity index (χ2v) is 2.59. The van der Waals surface area contributed by atoms with E-state index in [1.165, 1.54) is 12.6 Å². The fraction of sp³-hybridized carbons (Fsp3) is 0.385. The summed E-state index contributed by atoms with van der Waals surface area (Å²) in [6.07, 6.45) is 2.65. The van der Waals surface area contributed by atoms with E-state index in [-0.39, 0.29) is 6.04 Å². The molecule has 1 aromatic carbocycles. The summed E-state index contributed by atoms with van der Waals surface area (Å²) in [6.45, 7) is 7.63. The molecule has 0 amide bonds. The minimum absolute atomic E-state index is 0.0809. The highest BCUT2D eigenvalue weighted by atomic mass is 14.6. The molecule has 0 aromatic heterocycles. The third-order valence-electron chi connectivity index (χ3n) is 1.62. The topological polar surface area (TPSA) is 52.0 Å². The third kappa shape index (κ3) is 9.19. The van der Waals surface area contributed by atoms with E-state index in [4.69, 9.17) is 5.73 Å². The first-order chi connectivity index (χ1) is 7.33. The summed E-state index contributed by atoms with van der Waals surface area (Å²) < 4.78 is 0. The fourth-order valence-electron chi connectivity index (χ4n) is 0.970. The van der Waals surface area contributed by atoms with Crippen molar-refractivity contribution in [2.75, 3.05) is 7.05 Å². The molecule has 0 fully saturated rings. The zero-order valence-corrected chi connectivity index (χ0v) is 10.1. The number of rotatable bonds is 3. The van der Waals surface area contributed by atoms with Crippen molar-refractivity contribution in [2.24, 2.45) is 11.5 Å². The van der Waals surface area contributed by atoms with Gasteiger partial charge in [-0.2, -0.15) is 0 Å². The van der Waals surface area contributed by atoms with E-state index in [2.05, 4.69) is 24.4 Å². The summed E-state index contributed by atoms with van der Waals surface area (Å²) in [6, 6.07) is 10.3. The molecule has 0 radical (unpaired) electrons. The normalized spacial score (nSPS) is 9.93. The lowest BCUT2D eigenvalue weighted by atomic mass is 10.1. The molecular weight excluding hydrogens is 184 g/mol. The summed E-state index contributed by atoms with van der Waals surface area (Å²) in [5.74, 6) is 0. The Hall–Kier alpha value is -1.12. The number of hydrogen-bond donors (Lipinski definition) is 2. The molecule has 1 aromatic rings. The van der Waals surface area contributed by atoms with Crippen LogP contribution in [0.1, 0.15) is 19.4 Å². The average molecular weight is 208 g/mol. The second-order valence-electron chi connectivity index (χ2n) is 2.59. The predicted octanol–water partition coefficient (Wildman–Crippen LogP) is 2.34. The minimum atomic E-state index is 0.0809. The lowest BCUT2D eigenvalue weighted by molar-refractivity contribution is 0.812. The predicted molar refractivity (Wildman–Crippen MR) is 69.8 cm³/mol. The van der Waals surface area contributed by atoms with Gasteiger partial charge < -0.3 is 11.5 Å². The Morgan fingerprint density at radius 1 is 1.20 bits per heavy atom. The molecule has 0 spiro atoms. The lowest BCUT2D eigenvalue weighted by Crippen LogP contribution is -2.19. The van der Waals surface area contributed by atoms with Crippen LogP contribution in [0.15, 0.2) is 43.0 Å². The number of nitrogens with two attached hydrogens (primary N) is 2. The highest BCUT2D eigenvalue weighted by Crippen LogP contribution is 2.01. The van der Waals surface area contributed by atoms with Crippen LogP contribution in [0, 0.1) is 0 Å². The molecule has 4 N–H and O–H groups in total. The van der Waals surface area contributed by atoms with E-state index < -0.39 is 0 Å². The molecule has 0 aliphatic rings. The van der Waals surface area contributed by atoms with Crippen molar-refractivity contribution in [3.8, 4) is 0 Å². The van der Waals surface area contributed by atoms with Gasteiger partial charge >= 0.3 is 0 Å². The van der Waals surface area contributed by atoms with Gasteiger partial charge in [-0.25, -0.2) is 0 Å². The second kappa shape index (κ2) is 12.9. The minimum Gasteiger partial charge on any atom is -0.333 e. The molecular formula is C13H24N2. The fourth-order valence-corrected chi connectivity index (χ4v) is 0.970. The standard InChI is InChI=1S/C10H13N.C2H6.CH5N/c1-2-10(11)8-9-6-4-3-5-7-9;2*1-2/h2-7,10H,1,8,11H2;1-2H3;2H2,1H3. The molecule has 0 aliphatic carbocycles. The van der Waals surface area contributed by atoms with E-state index in [1.54, 1.807) is 6.08 Å². The molecule has 0 saturated heterocycles. The molecule has 15 heavy (non-hydrogen) atoms. The molecule has 0 bridgehead atoms. The molecule has 1 unspecified atom stereocenters. The largest absolute Gasteiger partial charge is 0.333 e. The Morgan fingerprint density at radius 3 is 2.07 bits per heavy atom. The van der Waals surface area contributed by atoms with Crippen molar-refractivity contribution in [2.45, 2.75) is 26.3 Å². The van der Waals surface area contributed by atoms with Crippen LogP contribution >= 0.6 is 0 Å². The highest BCUT2D eigenvalue weighted by molar-refractivity contribution is 5.16. The van der Waals surface area contributed by atoms with E-state index in [0.717, 1.165) is 6.42 Å². The summed E-state index contributed by atoms with van der Waals surface area (Å²) in [4.78, 5) is 0. The zero-order valence-electron chi connectivity index (χ0n) is 10.1. The Labute approximate surface area is 94.0 Å². The van der Waals surface area contributed by atoms with Crippen molar-refractivity contribution >= 4 is 0 Å². The van der Waals surface area contributed by atoms with Gasteiger partial charge in [0.15, 0.2) is 0 Å². The summed E-state index contributed by atoms with van der Waals surface area (Å²) in [5, 5.41) is 0. The first-order valence-electron chi connectivity index (χ1n) is 5.32. The van der Waals surface area contributed by atoms with Gasteiger partial charge in [-0.05, 0) is 19.0 Å². The van der Waals surface area contributed by atoms with Crippen LogP contribution in [-0.4, -0.2) is 13.1 Å². The maximum Gasteiger partial charge on any atom is 0.0262 e. The number of hydrogen-bond acceptors (Lipinski definition) is 2.